The molecule has 1 aliphatic heterocycles. The normalized spacial score (nSPS) is 19.4. The zero-order valence-electron chi connectivity index (χ0n) is 12.2. The molecule has 0 amide bonds. The molecule has 1 fully saturated rings. The highest BCUT2D eigenvalue weighted by atomic mass is 16.5. The van der Waals surface area contributed by atoms with Crippen LogP contribution in [0.15, 0.2) is 42.6 Å². The maximum absolute atomic E-state index is 5.74. The van der Waals surface area contributed by atoms with E-state index in [0.717, 1.165) is 43.4 Å². The number of nitrogens with one attached hydrogen (secondary N) is 1. The molecule has 0 saturated carbocycles. The molecule has 1 N–H and O–H groups in total. The van der Waals surface area contributed by atoms with Crippen LogP contribution in [0, 0.1) is 0 Å². The smallest absolute Gasteiger partial charge is 0.161 e. The van der Waals surface area contributed by atoms with E-state index in [2.05, 4.69) is 27.2 Å². The molecule has 110 valence electrons. The van der Waals surface area contributed by atoms with E-state index in [-0.39, 0.29) is 6.10 Å². The van der Waals surface area contributed by atoms with Crippen LogP contribution in [0.25, 0.3) is 11.4 Å². The molecule has 0 bridgehead atoms. The van der Waals surface area contributed by atoms with Gasteiger partial charge in [-0.1, -0.05) is 30.3 Å². The predicted octanol–water partition coefficient (Wildman–Crippen LogP) is 1.89. The molecular formula is C16H20N4O. The lowest BCUT2D eigenvalue weighted by Gasteiger charge is -2.30. The van der Waals surface area contributed by atoms with E-state index < -0.39 is 0 Å². The van der Waals surface area contributed by atoms with Crippen molar-refractivity contribution in [3.05, 3.63) is 42.6 Å². The van der Waals surface area contributed by atoms with E-state index in [1.807, 2.05) is 36.4 Å². The van der Waals surface area contributed by atoms with Gasteiger partial charge in [0.1, 0.15) is 5.82 Å². The van der Waals surface area contributed by atoms with Crippen molar-refractivity contribution in [1.29, 1.82) is 0 Å². The average Bonchev–Trinajstić information content (AvgIpc) is 2.54. The minimum Gasteiger partial charge on any atom is -0.374 e. The van der Waals surface area contributed by atoms with Crippen LogP contribution in [0.5, 0.6) is 0 Å². The molecule has 5 heteroatoms. The highest BCUT2D eigenvalue weighted by molar-refractivity contribution is 5.56. The third-order valence-corrected chi connectivity index (χ3v) is 3.54. The molecule has 1 aromatic heterocycles. The van der Waals surface area contributed by atoms with E-state index in [1.54, 1.807) is 6.20 Å². The van der Waals surface area contributed by atoms with E-state index >= 15 is 0 Å². The van der Waals surface area contributed by atoms with Crippen molar-refractivity contribution >= 4 is 5.82 Å². The van der Waals surface area contributed by atoms with Crippen molar-refractivity contribution in [3.8, 4) is 11.4 Å². The average molecular weight is 284 g/mol. The Morgan fingerprint density at radius 3 is 2.95 bits per heavy atom. The van der Waals surface area contributed by atoms with Gasteiger partial charge in [-0.3, -0.25) is 0 Å². The van der Waals surface area contributed by atoms with Gasteiger partial charge < -0.3 is 15.0 Å². The second kappa shape index (κ2) is 6.65. The molecule has 2 heterocycles. The number of nitrogens with zero attached hydrogens (tertiary/aromatic N) is 3. The van der Waals surface area contributed by atoms with Crippen LogP contribution in [0.2, 0.25) is 0 Å². The molecule has 21 heavy (non-hydrogen) atoms. The Morgan fingerprint density at radius 1 is 1.29 bits per heavy atom. The lowest BCUT2D eigenvalue weighted by Crippen LogP contribution is -2.43. The summed E-state index contributed by atoms with van der Waals surface area (Å²) in [6.45, 7) is 3.50. The maximum atomic E-state index is 5.74. The van der Waals surface area contributed by atoms with Gasteiger partial charge in [0.15, 0.2) is 5.82 Å². The first-order valence-electron chi connectivity index (χ1n) is 7.24. The number of benzene rings is 1. The van der Waals surface area contributed by atoms with Crippen molar-refractivity contribution in [2.45, 2.75) is 6.10 Å². The van der Waals surface area contributed by atoms with E-state index in [9.17, 15) is 0 Å². The van der Waals surface area contributed by atoms with Gasteiger partial charge in [-0.25, -0.2) is 9.97 Å². The lowest BCUT2D eigenvalue weighted by atomic mass is 10.2. The maximum Gasteiger partial charge on any atom is 0.161 e. The minimum atomic E-state index is 0.207. The first-order valence-corrected chi connectivity index (χ1v) is 7.24. The van der Waals surface area contributed by atoms with Gasteiger partial charge in [0, 0.05) is 31.4 Å². The van der Waals surface area contributed by atoms with Gasteiger partial charge in [-0.15, -0.1) is 0 Å². The summed E-state index contributed by atoms with van der Waals surface area (Å²) in [7, 11) is 2.12. The Morgan fingerprint density at radius 2 is 2.14 bits per heavy atom. The van der Waals surface area contributed by atoms with Crippen LogP contribution in [0.1, 0.15) is 0 Å². The highest BCUT2D eigenvalue weighted by Crippen LogP contribution is 2.15. The predicted molar refractivity (Wildman–Crippen MR) is 83.2 cm³/mol. The third-order valence-electron chi connectivity index (χ3n) is 3.54. The van der Waals surface area contributed by atoms with Gasteiger partial charge in [0.05, 0.1) is 12.7 Å². The van der Waals surface area contributed by atoms with Crippen LogP contribution in [0.3, 0.4) is 0 Å². The van der Waals surface area contributed by atoms with E-state index in [0.29, 0.717) is 0 Å². The fourth-order valence-corrected chi connectivity index (χ4v) is 2.39. The number of likely N-dealkylation sites (N-methyl/N-ethyl adjacent to an activating group) is 1. The lowest BCUT2D eigenvalue weighted by molar-refractivity contribution is -0.0117. The minimum absolute atomic E-state index is 0.207. The van der Waals surface area contributed by atoms with Gasteiger partial charge in [-0.2, -0.15) is 0 Å². The SMILES string of the molecule is CN1CCOC(CNc2ccnc(-c3ccccc3)n2)C1. The van der Waals surface area contributed by atoms with E-state index in [4.69, 9.17) is 4.74 Å². The first-order chi connectivity index (χ1) is 10.3. The second-order valence-electron chi connectivity index (χ2n) is 5.27. The molecule has 3 rings (SSSR count). The molecule has 0 radical (unpaired) electrons. The fraction of sp³-hybridized carbons (Fsp3) is 0.375. The molecular weight excluding hydrogens is 264 g/mol. The van der Waals surface area contributed by atoms with E-state index in [1.165, 1.54) is 0 Å². The molecule has 0 aliphatic carbocycles. The monoisotopic (exact) mass is 284 g/mol. The zero-order valence-corrected chi connectivity index (χ0v) is 12.2. The number of morpholine rings is 1. The Bertz CT molecular complexity index is 575. The van der Waals surface area contributed by atoms with Crippen LogP contribution in [-0.4, -0.2) is 54.3 Å². The largest absolute Gasteiger partial charge is 0.374 e. The number of aromatic nitrogens is 2. The molecule has 1 saturated heterocycles. The second-order valence-corrected chi connectivity index (χ2v) is 5.27. The summed E-state index contributed by atoms with van der Waals surface area (Å²) in [5, 5.41) is 3.34. The van der Waals surface area contributed by atoms with Crippen LogP contribution in [0.4, 0.5) is 5.82 Å². The highest BCUT2D eigenvalue weighted by Gasteiger charge is 2.17. The third kappa shape index (κ3) is 3.77. The van der Waals surface area contributed by atoms with Crippen LogP contribution in [-0.2, 0) is 4.74 Å². The fourth-order valence-electron chi connectivity index (χ4n) is 2.39. The quantitative estimate of drug-likeness (QED) is 0.929. The molecule has 2 aromatic rings. The number of ether oxygens (including phenoxy) is 1. The Labute approximate surface area is 125 Å². The Kier molecular flexibility index (Phi) is 4.43. The number of hydrogen-bond donors (Lipinski definition) is 1. The topological polar surface area (TPSA) is 50.3 Å². The van der Waals surface area contributed by atoms with Crippen LogP contribution >= 0.6 is 0 Å². The van der Waals surface area contributed by atoms with Gasteiger partial charge in [0.2, 0.25) is 0 Å². The zero-order chi connectivity index (χ0) is 14.5. The molecule has 1 aliphatic rings. The summed E-state index contributed by atoms with van der Waals surface area (Å²) in [4.78, 5) is 11.2. The van der Waals surface area contributed by atoms with Crippen molar-refractivity contribution in [3.63, 3.8) is 0 Å². The standard InChI is InChI=1S/C16H20N4O/c1-20-9-10-21-14(12-20)11-18-15-7-8-17-16(19-15)13-5-3-2-4-6-13/h2-8,14H,9-12H2,1H3,(H,17,18,19). The number of rotatable bonds is 4. The Balaban J connectivity index is 1.64. The van der Waals surface area contributed by atoms with Crippen molar-refractivity contribution in [2.24, 2.45) is 0 Å². The Hall–Kier alpha value is -1.98. The van der Waals surface area contributed by atoms with Crippen LogP contribution < -0.4 is 5.32 Å². The van der Waals surface area contributed by atoms with Crippen molar-refractivity contribution < 1.29 is 4.74 Å². The summed E-state index contributed by atoms with van der Waals surface area (Å²) in [6, 6.07) is 11.9. The van der Waals surface area contributed by atoms with Crippen molar-refractivity contribution in [2.75, 3.05) is 38.6 Å². The molecule has 1 aromatic carbocycles. The number of anilines is 1. The summed E-state index contributed by atoms with van der Waals surface area (Å²) < 4.78 is 5.74. The van der Waals surface area contributed by atoms with Gasteiger partial charge in [-0.05, 0) is 13.1 Å². The summed E-state index contributed by atoms with van der Waals surface area (Å²) in [5.74, 6) is 1.57. The summed E-state index contributed by atoms with van der Waals surface area (Å²) in [6.07, 6.45) is 1.99. The summed E-state index contributed by atoms with van der Waals surface area (Å²) in [5.41, 5.74) is 1.02. The van der Waals surface area contributed by atoms with Gasteiger partial charge >= 0.3 is 0 Å². The van der Waals surface area contributed by atoms with Gasteiger partial charge in [0.25, 0.3) is 0 Å². The molecule has 1 unspecified atom stereocenters. The summed E-state index contributed by atoms with van der Waals surface area (Å²) >= 11 is 0. The number of hydrogen-bond acceptors (Lipinski definition) is 5. The molecule has 0 spiro atoms. The molecule has 1 atom stereocenters. The van der Waals surface area contributed by atoms with Crippen molar-refractivity contribution in [1.82, 2.24) is 14.9 Å². The molecule has 5 nitrogen and oxygen atoms in total. The first kappa shape index (κ1) is 14.0.